The van der Waals surface area contributed by atoms with Gasteiger partial charge in [-0.1, -0.05) is 28.1 Å². The van der Waals surface area contributed by atoms with Crippen LogP contribution in [0.5, 0.6) is 0 Å². The molecule has 0 bridgehead atoms. The quantitative estimate of drug-likeness (QED) is 0.896. The van der Waals surface area contributed by atoms with Gasteiger partial charge in [-0.2, -0.15) is 0 Å². The molecule has 0 aliphatic heterocycles. The molecule has 6 nitrogen and oxygen atoms in total. The first-order chi connectivity index (χ1) is 9.13. The number of tetrazole rings is 1. The summed E-state index contributed by atoms with van der Waals surface area (Å²) in [6, 6.07) is 8.11. The summed E-state index contributed by atoms with van der Waals surface area (Å²) >= 11 is 3.39. The summed E-state index contributed by atoms with van der Waals surface area (Å²) in [5.41, 5.74) is 1.18. The van der Waals surface area contributed by atoms with Crippen molar-refractivity contribution in [1.82, 2.24) is 25.5 Å². The average molecular weight is 324 g/mol. The Labute approximate surface area is 119 Å². The van der Waals surface area contributed by atoms with Gasteiger partial charge in [0.1, 0.15) is 12.9 Å². The third-order valence-corrected chi connectivity index (χ3v) is 3.09. The highest BCUT2D eigenvalue weighted by Crippen LogP contribution is 2.11. The van der Waals surface area contributed by atoms with Crippen LogP contribution in [0.15, 0.2) is 35.1 Å². The van der Waals surface area contributed by atoms with Gasteiger partial charge in [-0.25, -0.2) is 4.68 Å². The molecule has 1 amide bonds. The Balaban J connectivity index is 1.82. The van der Waals surface area contributed by atoms with E-state index in [9.17, 15) is 4.79 Å². The third kappa shape index (κ3) is 4.44. The lowest BCUT2D eigenvalue weighted by Gasteiger charge is -2.13. The van der Waals surface area contributed by atoms with Gasteiger partial charge in [0.15, 0.2) is 0 Å². The summed E-state index contributed by atoms with van der Waals surface area (Å²) < 4.78 is 2.44. The number of halogens is 1. The van der Waals surface area contributed by atoms with Crippen LogP contribution in [0.1, 0.15) is 12.5 Å². The van der Waals surface area contributed by atoms with E-state index in [4.69, 9.17) is 0 Å². The Morgan fingerprint density at radius 1 is 1.42 bits per heavy atom. The van der Waals surface area contributed by atoms with E-state index in [2.05, 4.69) is 36.8 Å². The number of nitrogens with one attached hydrogen (secondary N) is 1. The van der Waals surface area contributed by atoms with E-state index < -0.39 is 0 Å². The first kappa shape index (κ1) is 13.7. The average Bonchev–Trinajstić information content (AvgIpc) is 2.84. The van der Waals surface area contributed by atoms with E-state index in [1.807, 2.05) is 31.2 Å². The van der Waals surface area contributed by atoms with Crippen LogP contribution in [0.25, 0.3) is 0 Å². The summed E-state index contributed by atoms with van der Waals surface area (Å²) in [5.74, 6) is -0.100. The van der Waals surface area contributed by atoms with Gasteiger partial charge >= 0.3 is 0 Å². The Kier molecular flexibility index (Phi) is 4.62. The van der Waals surface area contributed by atoms with Gasteiger partial charge in [-0.05, 0) is 41.5 Å². The molecule has 1 aromatic heterocycles. The first-order valence-corrected chi connectivity index (χ1v) is 6.67. The van der Waals surface area contributed by atoms with Crippen molar-refractivity contribution in [1.29, 1.82) is 0 Å². The third-order valence-electron chi connectivity index (χ3n) is 2.56. The summed E-state index contributed by atoms with van der Waals surface area (Å²) in [4.78, 5) is 11.7. The van der Waals surface area contributed by atoms with Crippen molar-refractivity contribution >= 4 is 21.8 Å². The fraction of sp³-hybridized carbons (Fsp3) is 0.333. The number of rotatable bonds is 5. The predicted molar refractivity (Wildman–Crippen MR) is 73.3 cm³/mol. The Bertz CT molecular complexity index is 526. The lowest BCUT2D eigenvalue weighted by molar-refractivity contribution is -0.122. The highest BCUT2D eigenvalue weighted by atomic mass is 79.9. The maximum Gasteiger partial charge on any atom is 0.242 e. The Morgan fingerprint density at radius 2 is 2.16 bits per heavy atom. The van der Waals surface area contributed by atoms with E-state index in [1.54, 1.807) is 0 Å². The molecule has 0 spiro atoms. The molecule has 0 saturated carbocycles. The lowest BCUT2D eigenvalue weighted by atomic mass is 10.1. The SMILES string of the molecule is C[C@H](Cc1ccc(Br)cc1)NC(=O)Cn1cnnn1. The number of carbonyl (C=O) groups is 1. The number of benzene rings is 1. The molecule has 0 aliphatic rings. The second-order valence-electron chi connectivity index (χ2n) is 4.31. The molecule has 0 unspecified atom stereocenters. The maximum absolute atomic E-state index is 11.7. The summed E-state index contributed by atoms with van der Waals surface area (Å²) in [7, 11) is 0. The van der Waals surface area contributed by atoms with Crippen LogP contribution < -0.4 is 5.32 Å². The van der Waals surface area contributed by atoms with Crippen LogP contribution in [0.2, 0.25) is 0 Å². The molecule has 1 heterocycles. The molecular weight excluding hydrogens is 310 g/mol. The van der Waals surface area contributed by atoms with Crippen molar-refractivity contribution in [2.24, 2.45) is 0 Å². The van der Waals surface area contributed by atoms with Crippen molar-refractivity contribution < 1.29 is 4.79 Å². The van der Waals surface area contributed by atoms with Crippen molar-refractivity contribution in [3.63, 3.8) is 0 Å². The summed E-state index contributed by atoms with van der Waals surface area (Å²) in [6.07, 6.45) is 2.20. The molecule has 19 heavy (non-hydrogen) atoms. The largest absolute Gasteiger partial charge is 0.352 e. The molecule has 2 aromatic rings. The summed E-state index contributed by atoms with van der Waals surface area (Å²) in [5, 5.41) is 13.5. The number of nitrogens with zero attached hydrogens (tertiary/aromatic N) is 4. The predicted octanol–water partition coefficient (Wildman–Crippen LogP) is 1.18. The highest BCUT2D eigenvalue weighted by molar-refractivity contribution is 9.10. The molecule has 100 valence electrons. The van der Waals surface area contributed by atoms with Crippen LogP contribution in [0, 0.1) is 0 Å². The minimum atomic E-state index is -0.100. The van der Waals surface area contributed by atoms with Crippen molar-refractivity contribution in [2.75, 3.05) is 0 Å². The fourth-order valence-electron chi connectivity index (χ4n) is 1.75. The van der Waals surface area contributed by atoms with Crippen LogP contribution >= 0.6 is 15.9 Å². The maximum atomic E-state index is 11.7. The molecule has 1 N–H and O–H groups in total. The molecule has 1 atom stereocenters. The lowest BCUT2D eigenvalue weighted by Crippen LogP contribution is -2.36. The molecular formula is C12H14BrN5O. The first-order valence-electron chi connectivity index (χ1n) is 5.88. The Morgan fingerprint density at radius 3 is 2.79 bits per heavy atom. The number of carbonyl (C=O) groups excluding carboxylic acids is 1. The van der Waals surface area contributed by atoms with E-state index in [0.717, 1.165) is 10.9 Å². The second-order valence-corrected chi connectivity index (χ2v) is 5.22. The van der Waals surface area contributed by atoms with Gasteiger partial charge in [-0.3, -0.25) is 4.79 Å². The zero-order chi connectivity index (χ0) is 13.7. The normalized spacial score (nSPS) is 12.1. The molecule has 0 fully saturated rings. The smallest absolute Gasteiger partial charge is 0.242 e. The van der Waals surface area contributed by atoms with E-state index in [0.29, 0.717) is 0 Å². The number of aromatic nitrogens is 4. The molecule has 2 rings (SSSR count). The van der Waals surface area contributed by atoms with E-state index in [-0.39, 0.29) is 18.5 Å². The molecule has 7 heteroatoms. The van der Waals surface area contributed by atoms with Crippen LogP contribution in [0.3, 0.4) is 0 Å². The van der Waals surface area contributed by atoms with Gasteiger partial charge in [0.2, 0.25) is 5.91 Å². The summed E-state index contributed by atoms with van der Waals surface area (Å²) in [6.45, 7) is 2.11. The van der Waals surface area contributed by atoms with Crippen LogP contribution in [0.4, 0.5) is 0 Å². The monoisotopic (exact) mass is 323 g/mol. The van der Waals surface area contributed by atoms with E-state index in [1.165, 1.54) is 16.6 Å². The molecule has 0 saturated heterocycles. The van der Waals surface area contributed by atoms with Gasteiger partial charge in [0.25, 0.3) is 0 Å². The molecule has 1 aromatic carbocycles. The zero-order valence-corrected chi connectivity index (χ0v) is 12.0. The van der Waals surface area contributed by atoms with Crippen molar-refractivity contribution in [3.8, 4) is 0 Å². The van der Waals surface area contributed by atoms with Crippen LogP contribution in [-0.4, -0.2) is 32.2 Å². The van der Waals surface area contributed by atoms with Gasteiger partial charge in [0.05, 0.1) is 0 Å². The van der Waals surface area contributed by atoms with Gasteiger partial charge in [-0.15, -0.1) is 5.10 Å². The van der Waals surface area contributed by atoms with Crippen LogP contribution in [-0.2, 0) is 17.8 Å². The topological polar surface area (TPSA) is 72.7 Å². The highest BCUT2D eigenvalue weighted by Gasteiger charge is 2.09. The minimum absolute atomic E-state index is 0.0603. The fourth-order valence-corrected chi connectivity index (χ4v) is 2.01. The van der Waals surface area contributed by atoms with Gasteiger partial charge in [0, 0.05) is 10.5 Å². The van der Waals surface area contributed by atoms with E-state index >= 15 is 0 Å². The molecule has 0 radical (unpaired) electrons. The number of hydrogen-bond acceptors (Lipinski definition) is 4. The van der Waals surface area contributed by atoms with Crippen molar-refractivity contribution in [3.05, 3.63) is 40.6 Å². The minimum Gasteiger partial charge on any atom is -0.352 e. The van der Waals surface area contributed by atoms with Crippen molar-refractivity contribution in [2.45, 2.75) is 25.9 Å². The van der Waals surface area contributed by atoms with Gasteiger partial charge < -0.3 is 5.32 Å². The standard InChI is InChI=1S/C12H14BrN5O/c1-9(6-10-2-4-11(13)5-3-10)15-12(19)7-18-8-14-16-17-18/h2-5,8-9H,6-7H2,1H3,(H,15,19)/t9-/m1/s1. The molecule has 0 aliphatic carbocycles. The number of amides is 1. The number of hydrogen-bond donors (Lipinski definition) is 1. The Hall–Kier alpha value is -1.76. The zero-order valence-electron chi connectivity index (χ0n) is 10.5. The second kappa shape index (κ2) is 6.42.